The van der Waals surface area contributed by atoms with Crippen LogP contribution in [0.4, 0.5) is 10.8 Å². The number of hydrogen-bond donors (Lipinski definition) is 2. The van der Waals surface area contributed by atoms with Gasteiger partial charge >= 0.3 is 0 Å². The first-order valence-corrected chi connectivity index (χ1v) is 12.9. The monoisotopic (exact) mass is 499 g/mol. The van der Waals surface area contributed by atoms with Crippen molar-refractivity contribution in [2.24, 2.45) is 0 Å². The van der Waals surface area contributed by atoms with E-state index in [1.54, 1.807) is 6.08 Å². The van der Waals surface area contributed by atoms with Gasteiger partial charge in [0, 0.05) is 27.6 Å². The van der Waals surface area contributed by atoms with Crippen LogP contribution in [0.25, 0.3) is 17.3 Å². The summed E-state index contributed by atoms with van der Waals surface area (Å²) in [6, 6.07) is 25.2. The topological polar surface area (TPSA) is 71.1 Å². The standard InChI is InChI=1S/C28H25N3O2S2/c1-19-8-11-22(12-9-19)25-18-34-28(30-25)31-27(33)20(2)35-24-15-13-23(14-16-24)29-26(32)17-10-21-6-4-3-5-7-21/h3-18,20H,1-2H3,(H,29,32)(H,30,31,33)/b17-10+. The number of carbonyl (C=O) groups is 2. The molecule has 3 aromatic carbocycles. The molecule has 0 saturated carbocycles. The zero-order chi connectivity index (χ0) is 24.6. The molecule has 1 unspecified atom stereocenters. The van der Waals surface area contributed by atoms with Gasteiger partial charge in [-0.3, -0.25) is 9.59 Å². The summed E-state index contributed by atoms with van der Waals surface area (Å²) in [5.41, 5.74) is 4.73. The number of carbonyl (C=O) groups excluding carboxylic acids is 2. The molecule has 1 atom stereocenters. The van der Waals surface area contributed by atoms with E-state index in [1.807, 2.05) is 98.1 Å². The summed E-state index contributed by atoms with van der Waals surface area (Å²) in [5.74, 6) is -0.307. The SMILES string of the molecule is Cc1ccc(-c2csc(NC(=O)C(C)Sc3ccc(NC(=O)/C=C/c4ccccc4)cc3)n2)cc1. The van der Waals surface area contributed by atoms with E-state index in [0.717, 1.165) is 21.7 Å². The van der Waals surface area contributed by atoms with Gasteiger partial charge in [-0.05, 0) is 49.8 Å². The number of nitrogens with one attached hydrogen (secondary N) is 2. The summed E-state index contributed by atoms with van der Waals surface area (Å²) in [4.78, 5) is 30.3. The average molecular weight is 500 g/mol. The fourth-order valence-electron chi connectivity index (χ4n) is 3.19. The van der Waals surface area contributed by atoms with E-state index in [1.165, 1.54) is 34.7 Å². The van der Waals surface area contributed by atoms with Gasteiger partial charge in [0.15, 0.2) is 5.13 Å². The molecule has 4 aromatic rings. The molecular weight excluding hydrogens is 474 g/mol. The third kappa shape index (κ3) is 7.15. The minimum atomic E-state index is -0.309. The van der Waals surface area contributed by atoms with Crippen LogP contribution in [0.3, 0.4) is 0 Å². The van der Waals surface area contributed by atoms with E-state index in [0.29, 0.717) is 10.8 Å². The molecule has 5 nitrogen and oxygen atoms in total. The van der Waals surface area contributed by atoms with Crippen molar-refractivity contribution < 1.29 is 9.59 Å². The molecule has 2 amide bonds. The molecule has 1 aromatic heterocycles. The number of anilines is 2. The summed E-state index contributed by atoms with van der Waals surface area (Å²) in [6.07, 6.45) is 3.28. The van der Waals surface area contributed by atoms with Gasteiger partial charge < -0.3 is 10.6 Å². The Morgan fingerprint density at radius 3 is 2.37 bits per heavy atom. The molecule has 0 aliphatic heterocycles. The molecule has 0 radical (unpaired) electrons. The zero-order valence-electron chi connectivity index (χ0n) is 19.4. The lowest BCUT2D eigenvalue weighted by Gasteiger charge is -2.11. The van der Waals surface area contributed by atoms with Crippen molar-refractivity contribution in [3.8, 4) is 11.3 Å². The molecule has 1 heterocycles. The molecule has 176 valence electrons. The molecule has 0 saturated heterocycles. The quantitative estimate of drug-likeness (QED) is 0.205. The zero-order valence-corrected chi connectivity index (χ0v) is 21.0. The number of rotatable bonds is 8. The van der Waals surface area contributed by atoms with Gasteiger partial charge in [-0.2, -0.15) is 0 Å². The van der Waals surface area contributed by atoms with Gasteiger partial charge in [-0.15, -0.1) is 23.1 Å². The minimum Gasteiger partial charge on any atom is -0.323 e. The molecule has 0 bridgehead atoms. The second kappa shape index (κ2) is 11.6. The number of nitrogens with zero attached hydrogens (tertiary/aromatic N) is 1. The fraction of sp³-hybridized carbons (Fsp3) is 0.107. The number of hydrogen-bond acceptors (Lipinski definition) is 5. The predicted octanol–water partition coefficient (Wildman–Crippen LogP) is 6.89. The molecule has 2 N–H and O–H groups in total. The van der Waals surface area contributed by atoms with Crippen molar-refractivity contribution >= 4 is 51.8 Å². The Morgan fingerprint density at radius 2 is 1.66 bits per heavy atom. The maximum absolute atomic E-state index is 12.7. The summed E-state index contributed by atoms with van der Waals surface area (Å²) in [5, 5.41) is 7.98. The van der Waals surface area contributed by atoms with Crippen molar-refractivity contribution in [1.29, 1.82) is 0 Å². The molecule has 7 heteroatoms. The summed E-state index contributed by atoms with van der Waals surface area (Å²) >= 11 is 2.86. The number of aromatic nitrogens is 1. The maximum atomic E-state index is 12.7. The smallest absolute Gasteiger partial charge is 0.248 e. The van der Waals surface area contributed by atoms with E-state index in [-0.39, 0.29) is 17.1 Å². The van der Waals surface area contributed by atoms with Crippen LogP contribution >= 0.6 is 23.1 Å². The van der Waals surface area contributed by atoms with Crippen molar-refractivity contribution in [3.63, 3.8) is 0 Å². The van der Waals surface area contributed by atoms with Crippen molar-refractivity contribution in [1.82, 2.24) is 4.98 Å². The van der Waals surface area contributed by atoms with Gasteiger partial charge in [-0.25, -0.2) is 4.98 Å². The van der Waals surface area contributed by atoms with Crippen molar-refractivity contribution in [3.05, 3.63) is 101 Å². The van der Waals surface area contributed by atoms with Gasteiger partial charge in [0.2, 0.25) is 11.8 Å². The number of thiazole rings is 1. The van der Waals surface area contributed by atoms with Gasteiger partial charge in [0.05, 0.1) is 10.9 Å². The summed E-state index contributed by atoms with van der Waals surface area (Å²) < 4.78 is 0. The molecule has 0 aliphatic rings. The lowest BCUT2D eigenvalue weighted by atomic mass is 10.1. The third-order valence-electron chi connectivity index (χ3n) is 5.11. The highest BCUT2D eigenvalue weighted by Crippen LogP contribution is 2.28. The molecule has 0 fully saturated rings. The van der Waals surface area contributed by atoms with Gasteiger partial charge in [0.1, 0.15) is 0 Å². The van der Waals surface area contributed by atoms with Crippen LogP contribution in [-0.2, 0) is 9.59 Å². The average Bonchev–Trinajstić information content (AvgIpc) is 3.33. The minimum absolute atomic E-state index is 0.108. The first kappa shape index (κ1) is 24.4. The molecular formula is C28H25N3O2S2. The normalized spacial score (nSPS) is 11.8. The molecule has 35 heavy (non-hydrogen) atoms. The van der Waals surface area contributed by atoms with E-state index < -0.39 is 0 Å². The maximum Gasteiger partial charge on any atom is 0.248 e. The number of benzene rings is 3. The highest BCUT2D eigenvalue weighted by atomic mass is 32.2. The Labute approximate surface area is 213 Å². The number of amides is 2. The lowest BCUT2D eigenvalue weighted by molar-refractivity contribution is -0.115. The molecule has 0 spiro atoms. The Kier molecular flexibility index (Phi) is 8.13. The number of thioether (sulfide) groups is 1. The first-order chi connectivity index (χ1) is 17.0. The largest absolute Gasteiger partial charge is 0.323 e. The second-order valence-corrected chi connectivity index (χ2v) is 10.2. The van der Waals surface area contributed by atoms with Gasteiger partial charge in [0.25, 0.3) is 0 Å². The van der Waals surface area contributed by atoms with Crippen LogP contribution in [0.2, 0.25) is 0 Å². The van der Waals surface area contributed by atoms with Gasteiger partial charge in [-0.1, -0.05) is 60.2 Å². The highest BCUT2D eigenvalue weighted by Gasteiger charge is 2.16. The lowest BCUT2D eigenvalue weighted by Crippen LogP contribution is -2.22. The predicted molar refractivity (Wildman–Crippen MR) is 147 cm³/mol. The van der Waals surface area contributed by atoms with E-state index in [2.05, 4.69) is 15.6 Å². The third-order valence-corrected chi connectivity index (χ3v) is 6.98. The van der Waals surface area contributed by atoms with Crippen molar-refractivity contribution in [2.75, 3.05) is 10.6 Å². The van der Waals surface area contributed by atoms with Crippen LogP contribution in [0.15, 0.2) is 95.2 Å². The van der Waals surface area contributed by atoms with Crippen LogP contribution in [0.5, 0.6) is 0 Å². The number of aryl methyl sites for hydroxylation is 1. The van der Waals surface area contributed by atoms with E-state index in [9.17, 15) is 9.59 Å². The first-order valence-electron chi connectivity index (χ1n) is 11.1. The summed E-state index contributed by atoms with van der Waals surface area (Å²) in [6.45, 7) is 3.90. The Balaban J connectivity index is 1.28. The molecule has 4 rings (SSSR count). The summed E-state index contributed by atoms with van der Waals surface area (Å²) in [7, 11) is 0. The van der Waals surface area contributed by atoms with E-state index >= 15 is 0 Å². The highest BCUT2D eigenvalue weighted by molar-refractivity contribution is 8.00. The fourth-order valence-corrected chi connectivity index (χ4v) is 4.78. The van der Waals surface area contributed by atoms with Crippen LogP contribution in [-0.4, -0.2) is 22.0 Å². The van der Waals surface area contributed by atoms with Crippen molar-refractivity contribution in [2.45, 2.75) is 24.0 Å². The second-order valence-electron chi connectivity index (χ2n) is 7.91. The van der Waals surface area contributed by atoms with Crippen LogP contribution < -0.4 is 10.6 Å². The Bertz CT molecular complexity index is 1310. The van der Waals surface area contributed by atoms with Crippen LogP contribution in [0.1, 0.15) is 18.1 Å². The Morgan fingerprint density at radius 1 is 0.943 bits per heavy atom. The van der Waals surface area contributed by atoms with E-state index in [4.69, 9.17) is 0 Å². The van der Waals surface area contributed by atoms with Crippen LogP contribution in [0, 0.1) is 6.92 Å². The Hall–Kier alpha value is -3.68. The molecule has 0 aliphatic carbocycles.